The Kier molecular flexibility index (Phi) is 3.98. The quantitative estimate of drug-likeness (QED) is 0.655. The molecule has 1 aliphatic rings. The Balaban J connectivity index is 1.57. The zero-order valence-electron chi connectivity index (χ0n) is 12.8. The lowest BCUT2D eigenvalue weighted by atomic mass is 10.1. The largest absolute Gasteiger partial charge is 0.467 e. The van der Waals surface area contributed by atoms with Crippen LogP contribution in [0.2, 0.25) is 0 Å². The van der Waals surface area contributed by atoms with Gasteiger partial charge in [-0.1, -0.05) is 33.2 Å². The molecule has 1 aliphatic heterocycles. The van der Waals surface area contributed by atoms with E-state index in [9.17, 15) is 4.79 Å². The van der Waals surface area contributed by atoms with Crippen LogP contribution in [0.25, 0.3) is 11.3 Å². The highest BCUT2D eigenvalue weighted by atomic mass is 79.9. The fourth-order valence-electron chi connectivity index (χ4n) is 3.06. The summed E-state index contributed by atoms with van der Waals surface area (Å²) in [6, 6.07) is 13.1. The maximum atomic E-state index is 12.8. The molecule has 4 rings (SSSR count). The molecule has 1 atom stereocenters. The number of furan rings is 1. The van der Waals surface area contributed by atoms with Crippen molar-refractivity contribution < 1.29 is 13.7 Å². The third-order valence-electron chi connectivity index (χ3n) is 4.24. The molecule has 1 amide bonds. The topological polar surface area (TPSA) is 59.5 Å². The summed E-state index contributed by atoms with van der Waals surface area (Å²) in [5.74, 6) is 1.28. The van der Waals surface area contributed by atoms with Gasteiger partial charge < -0.3 is 13.8 Å². The number of amides is 1. The molecule has 3 heterocycles. The second kappa shape index (κ2) is 6.28. The van der Waals surface area contributed by atoms with E-state index in [2.05, 4.69) is 21.1 Å². The lowest BCUT2D eigenvalue weighted by Crippen LogP contribution is -2.30. The van der Waals surface area contributed by atoms with Crippen molar-refractivity contribution in [3.8, 4) is 11.3 Å². The number of hydrogen-bond acceptors (Lipinski definition) is 4. The van der Waals surface area contributed by atoms with E-state index in [1.165, 1.54) is 0 Å². The van der Waals surface area contributed by atoms with Crippen LogP contribution in [0, 0.1) is 0 Å². The van der Waals surface area contributed by atoms with E-state index in [1.807, 2.05) is 41.3 Å². The fraction of sp³-hybridized carbons (Fsp3) is 0.222. The van der Waals surface area contributed by atoms with E-state index in [4.69, 9.17) is 8.94 Å². The van der Waals surface area contributed by atoms with Gasteiger partial charge in [-0.3, -0.25) is 4.79 Å². The normalized spacial score (nSPS) is 17.4. The highest BCUT2D eigenvalue weighted by molar-refractivity contribution is 9.10. The standard InChI is InChI=1S/C18H15BrN2O3/c19-13-7-5-12(6-8-13)17-11-14(20-24-17)18(22)21-9-1-3-15(21)16-4-2-10-23-16/h2,4-8,10-11,15H,1,3,9H2/t15-/m1/s1. The van der Waals surface area contributed by atoms with Crippen molar-refractivity contribution in [2.75, 3.05) is 6.54 Å². The number of rotatable bonds is 3. The average Bonchev–Trinajstić information content (AvgIpc) is 3.34. The summed E-state index contributed by atoms with van der Waals surface area (Å²) in [7, 11) is 0. The predicted octanol–water partition coefficient (Wildman–Crippen LogP) is 4.67. The van der Waals surface area contributed by atoms with Crippen LogP contribution in [0.4, 0.5) is 0 Å². The lowest BCUT2D eigenvalue weighted by Gasteiger charge is -2.21. The lowest BCUT2D eigenvalue weighted by molar-refractivity contribution is 0.0709. The van der Waals surface area contributed by atoms with Gasteiger partial charge in [-0.2, -0.15) is 0 Å². The maximum Gasteiger partial charge on any atom is 0.276 e. The van der Waals surface area contributed by atoms with Crippen LogP contribution >= 0.6 is 15.9 Å². The number of likely N-dealkylation sites (tertiary alicyclic amines) is 1. The molecule has 122 valence electrons. The summed E-state index contributed by atoms with van der Waals surface area (Å²) in [6.45, 7) is 0.699. The second-order valence-electron chi connectivity index (χ2n) is 5.76. The van der Waals surface area contributed by atoms with Crippen molar-refractivity contribution in [3.05, 3.63) is 64.7 Å². The Morgan fingerprint density at radius 1 is 1.25 bits per heavy atom. The van der Waals surface area contributed by atoms with E-state index in [-0.39, 0.29) is 11.9 Å². The number of hydrogen-bond donors (Lipinski definition) is 0. The first-order valence-electron chi connectivity index (χ1n) is 7.79. The van der Waals surface area contributed by atoms with Gasteiger partial charge in [-0.15, -0.1) is 0 Å². The smallest absolute Gasteiger partial charge is 0.276 e. The molecule has 1 saturated heterocycles. The van der Waals surface area contributed by atoms with Gasteiger partial charge in [-0.25, -0.2) is 0 Å². The van der Waals surface area contributed by atoms with Gasteiger partial charge in [0.25, 0.3) is 5.91 Å². The molecule has 0 N–H and O–H groups in total. The first-order chi connectivity index (χ1) is 11.7. The van der Waals surface area contributed by atoms with Gasteiger partial charge in [0.15, 0.2) is 11.5 Å². The SMILES string of the molecule is O=C(c1cc(-c2ccc(Br)cc2)on1)N1CCC[C@@H]1c1ccco1. The number of carbonyl (C=O) groups is 1. The van der Waals surface area contributed by atoms with Crippen molar-refractivity contribution in [2.24, 2.45) is 0 Å². The molecule has 24 heavy (non-hydrogen) atoms. The van der Waals surface area contributed by atoms with Crippen LogP contribution in [0.1, 0.15) is 35.1 Å². The van der Waals surface area contributed by atoms with E-state index in [0.717, 1.165) is 28.6 Å². The molecule has 0 aliphatic carbocycles. The van der Waals surface area contributed by atoms with Crippen molar-refractivity contribution in [1.29, 1.82) is 0 Å². The molecule has 6 heteroatoms. The maximum absolute atomic E-state index is 12.8. The Labute approximate surface area is 147 Å². The Hall–Kier alpha value is -2.34. The summed E-state index contributed by atoms with van der Waals surface area (Å²) in [5.41, 5.74) is 1.21. The van der Waals surface area contributed by atoms with Crippen LogP contribution in [-0.4, -0.2) is 22.5 Å². The minimum Gasteiger partial charge on any atom is -0.467 e. The van der Waals surface area contributed by atoms with Gasteiger partial charge in [0.2, 0.25) is 0 Å². The van der Waals surface area contributed by atoms with E-state index < -0.39 is 0 Å². The van der Waals surface area contributed by atoms with Crippen LogP contribution in [0.3, 0.4) is 0 Å². The highest BCUT2D eigenvalue weighted by Gasteiger charge is 2.33. The van der Waals surface area contributed by atoms with E-state index >= 15 is 0 Å². The van der Waals surface area contributed by atoms with Crippen LogP contribution in [-0.2, 0) is 0 Å². The van der Waals surface area contributed by atoms with Gasteiger partial charge in [0.1, 0.15) is 5.76 Å². The molecule has 0 bridgehead atoms. The van der Waals surface area contributed by atoms with Crippen molar-refractivity contribution >= 4 is 21.8 Å². The van der Waals surface area contributed by atoms with Crippen LogP contribution in [0.5, 0.6) is 0 Å². The fourth-order valence-corrected chi connectivity index (χ4v) is 3.32. The molecule has 0 radical (unpaired) electrons. The van der Waals surface area contributed by atoms with Crippen molar-refractivity contribution in [1.82, 2.24) is 10.1 Å². The number of halogens is 1. The van der Waals surface area contributed by atoms with E-state index in [0.29, 0.717) is 18.0 Å². The molecule has 0 unspecified atom stereocenters. The molecule has 3 aromatic rings. The van der Waals surface area contributed by atoms with E-state index in [1.54, 1.807) is 12.3 Å². The monoisotopic (exact) mass is 386 g/mol. The zero-order chi connectivity index (χ0) is 16.5. The first kappa shape index (κ1) is 15.2. The Morgan fingerprint density at radius 3 is 2.83 bits per heavy atom. The zero-order valence-corrected chi connectivity index (χ0v) is 14.4. The summed E-state index contributed by atoms with van der Waals surface area (Å²) >= 11 is 3.40. The molecule has 1 aromatic carbocycles. The van der Waals surface area contributed by atoms with Gasteiger partial charge in [-0.05, 0) is 37.1 Å². The molecule has 0 saturated carbocycles. The summed E-state index contributed by atoms with van der Waals surface area (Å²) in [6.07, 6.45) is 3.49. The minimum absolute atomic E-state index is 0.0275. The Bertz CT molecular complexity index is 840. The van der Waals surface area contributed by atoms with Gasteiger partial charge in [0, 0.05) is 22.6 Å². The highest BCUT2D eigenvalue weighted by Crippen LogP contribution is 2.33. The molecule has 5 nitrogen and oxygen atoms in total. The van der Waals surface area contributed by atoms with Crippen LogP contribution in [0.15, 0.2) is 62.1 Å². The number of carbonyl (C=O) groups excluding carboxylic acids is 1. The molecule has 1 fully saturated rings. The van der Waals surface area contributed by atoms with Crippen LogP contribution < -0.4 is 0 Å². The summed E-state index contributed by atoms with van der Waals surface area (Å²) in [5, 5.41) is 3.97. The van der Waals surface area contributed by atoms with Gasteiger partial charge >= 0.3 is 0 Å². The molecular formula is C18H15BrN2O3. The van der Waals surface area contributed by atoms with Crippen molar-refractivity contribution in [3.63, 3.8) is 0 Å². The molecule has 2 aromatic heterocycles. The summed E-state index contributed by atoms with van der Waals surface area (Å²) < 4.78 is 11.8. The predicted molar refractivity (Wildman–Crippen MR) is 91.4 cm³/mol. The average molecular weight is 387 g/mol. The number of benzene rings is 1. The number of nitrogens with zero attached hydrogens (tertiary/aromatic N) is 2. The minimum atomic E-state index is -0.124. The van der Waals surface area contributed by atoms with Crippen molar-refractivity contribution in [2.45, 2.75) is 18.9 Å². The van der Waals surface area contributed by atoms with Gasteiger partial charge in [0.05, 0.1) is 12.3 Å². The third-order valence-corrected chi connectivity index (χ3v) is 4.77. The summed E-state index contributed by atoms with van der Waals surface area (Å²) in [4.78, 5) is 14.6. The second-order valence-corrected chi connectivity index (χ2v) is 6.67. The number of aromatic nitrogens is 1. The first-order valence-corrected chi connectivity index (χ1v) is 8.59. The molecular weight excluding hydrogens is 372 g/mol. The Morgan fingerprint density at radius 2 is 2.08 bits per heavy atom. The molecule has 0 spiro atoms. The third kappa shape index (κ3) is 2.78.